The number of piperazine rings is 1. The summed E-state index contributed by atoms with van der Waals surface area (Å²) in [5.41, 5.74) is 2.04. The topological polar surface area (TPSA) is 185 Å². The Balaban J connectivity index is 1.75. The molecule has 15 nitrogen and oxygen atoms in total. The van der Waals surface area contributed by atoms with E-state index < -0.39 is 20.7 Å². The average Bonchev–Trinajstić information content (AvgIpc) is 3.29. The predicted molar refractivity (Wildman–Crippen MR) is 159 cm³/mol. The van der Waals surface area contributed by atoms with Crippen molar-refractivity contribution in [3.63, 3.8) is 0 Å². The lowest BCUT2D eigenvalue weighted by atomic mass is 10.1. The van der Waals surface area contributed by atoms with Gasteiger partial charge in [0.05, 0.1) is 29.0 Å². The number of nitrogens with zero attached hydrogens (tertiary/aromatic N) is 6. The van der Waals surface area contributed by atoms with Crippen LogP contribution in [0.3, 0.4) is 0 Å². The number of H-pyrrole nitrogens is 1. The van der Waals surface area contributed by atoms with E-state index in [1.807, 2.05) is 25.7 Å². The molecule has 0 atom stereocenters. The summed E-state index contributed by atoms with van der Waals surface area (Å²) in [5.74, 6) is 0.539. The lowest BCUT2D eigenvalue weighted by Crippen LogP contribution is -2.49. The Morgan fingerprint density at radius 1 is 1.16 bits per heavy atom. The van der Waals surface area contributed by atoms with Gasteiger partial charge < -0.3 is 24.3 Å². The molecule has 4 rings (SSSR count). The minimum atomic E-state index is -3.93. The van der Waals surface area contributed by atoms with Gasteiger partial charge in [-0.3, -0.25) is 9.69 Å². The van der Waals surface area contributed by atoms with Crippen molar-refractivity contribution in [2.45, 2.75) is 51.5 Å². The molecule has 2 aromatic heterocycles. The first-order chi connectivity index (χ1) is 20.7. The molecule has 3 aromatic rings. The van der Waals surface area contributed by atoms with Gasteiger partial charge in [0.2, 0.25) is 10.0 Å². The number of ether oxygens (including phenoxy) is 1. The third kappa shape index (κ3) is 6.81. The molecule has 234 valence electrons. The van der Waals surface area contributed by atoms with Crippen LogP contribution in [-0.2, 0) is 27.8 Å². The zero-order chi connectivity index (χ0) is 31.1. The first-order valence-corrected chi connectivity index (χ1v) is 15.7. The van der Waals surface area contributed by atoms with Gasteiger partial charge in [-0.25, -0.2) is 13.4 Å². The van der Waals surface area contributed by atoms with Crippen molar-refractivity contribution in [3.05, 3.63) is 49.9 Å². The normalized spacial score (nSPS) is 15.0. The number of oxime groups is 1. The van der Waals surface area contributed by atoms with Gasteiger partial charge in [-0.1, -0.05) is 25.4 Å². The van der Waals surface area contributed by atoms with Crippen LogP contribution in [0.1, 0.15) is 44.9 Å². The summed E-state index contributed by atoms with van der Waals surface area (Å²) in [6, 6.07) is 4.51. The highest BCUT2D eigenvalue weighted by molar-refractivity contribution is 7.89. The van der Waals surface area contributed by atoms with Crippen LogP contribution in [-0.4, -0.2) is 94.6 Å². The molecule has 43 heavy (non-hydrogen) atoms. The molecule has 0 spiro atoms. The lowest BCUT2D eigenvalue weighted by Gasteiger charge is -2.33. The summed E-state index contributed by atoms with van der Waals surface area (Å²) in [6.45, 7) is 8.05. The summed E-state index contributed by atoms with van der Waals surface area (Å²) in [7, 11) is -3.93. The van der Waals surface area contributed by atoms with Gasteiger partial charge in [0.15, 0.2) is 0 Å². The van der Waals surface area contributed by atoms with E-state index in [0.717, 1.165) is 12.0 Å². The Kier molecular flexibility index (Phi) is 10.4. The largest absolute Gasteiger partial charge is 0.493 e. The van der Waals surface area contributed by atoms with Crippen molar-refractivity contribution in [1.29, 1.82) is 0 Å². The smallest absolute Gasteiger partial charge is 0.294 e. The van der Waals surface area contributed by atoms with E-state index >= 15 is 0 Å². The van der Waals surface area contributed by atoms with E-state index in [9.17, 15) is 28.5 Å². The second-order valence-corrected chi connectivity index (χ2v) is 12.0. The summed E-state index contributed by atoms with van der Waals surface area (Å²) < 4.78 is 36.5. The Morgan fingerprint density at radius 2 is 1.91 bits per heavy atom. The number of hydrogen-bond acceptors (Lipinski definition) is 11. The molecule has 0 amide bonds. The second kappa shape index (κ2) is 14.0. The molecule has 1 aromatic carbocycles. The van der Waals surface area contributed by atoms with E-state index in [2.05, 4.69) is 15.0 Å². The number of aromatic nitrogens is 3. The molecule has 0 saturated carbocycles. The third-order valence-electron chi connectivity index (χ3n) is 7.29. The fourth-order valence-corrected chi connectivity index (χ4v) is 6.72. The molecule has 3 heterocycles. The van der Waals surface area contributed by atoms with Crippen molar-refractivity contribution < 1.29 is 28.3 Å². The predicted octanol–water partition coefficient (Wildman–Crippen LogP) is 2.48. The van der Waals surface area contributed by atoms with Gasteiger partial charge in [0.25, 0.3) is 10.6 Å². The third-order valence-corrected chi connectivity index (χ3v) is 9.18. The highest BCUT2D eigenvalue weighted by Crippen LogP contribution is 2.33. The Bertz CT molecular complexity index is 1640. The molecule has 1 saturated heterocycles. The van der Waals surface area contributed by atoms with Crippen molar-refractivity contribution in [1.82, 2.24) is 23.7 Å². The molecule has 0 unspecified atom stereocenters. The molecule has 16 heteroatoms. The Hall–Kier alpha value is -4.02. The fraction of sp³-hybridized carbons (Fsp3) is 0.519. The molecule has 2 N–H and O–H groups in total. The zero-order valence-corrected chi connectivity index (χ0v) is 25.3. The van der Waals surface area contributed by atoms with Crippen LogP contribution in [0.2, 0.25) is 0 Å². The highest BCUT2D eigenvalue weighted by atomic mass is 32.2. The van der Waals surface area contributed by atoms with Gasteiger partial charge in [-0.15, -0.1) is 10.1 Å². The maximum atomic E-state index is 13.7. The van der Waals surface area contributed by atoms with E-state index in [0.29, 0.717) is 73.7 Å². The highest BCUT2D eigenvalue weighted by Gasteiger charge is 2.30. The minimum Gasteiger partial charge on any atom is -0.493 e. The lowest BCUT2D eigenvalue weighted by molar-refractivity contribution is -0.757. The standard InChI is InChI=1S/C27H37N7O8S/c1-4-7-20-22(18-28-36)33(6-3)25-24(20)29-26(30-27(25)35)21-17-19(8-9-23(21)41-15-5-2)43(39,40)32-12-10-31(11-13-32)14-16-42-34(37)38/h8-9,17-18,36H,4-7,10-16H2,1-3H3,(H,29,30,35)/b28-18+. The van der Waals surface area contributed by atoms with Gasteiger partial charge in [-0.05, 0) is 38.0 Å². The summed E-state index contributed by atoms with van der Waals surface area (Å²) in [4.78, 5) is 37.8. The fourth-order valence-electron chi connectivity index (χ4n) is 5.27. The Morgan fingerprint density at radius 3 is 2.53 bits per heavy atom. The number of benzene rings is 1. The first kappa shape index (κ1) is 31.9. The van der Waals surface area contributed by atoms with Crippen LogP contribution in [0.4, 0.5) is 0 Å². The van der Waals surface area contributed by atoms with E-state index in [1.54, 1.807) is 10.6 Å². The summed E-state index contributed by atoms with van der Waals surface area (Å²) >= 11 is 0. The first-order valence-electron chi connectivity index (χ1n) is 14.3. The Labute approximate surface area is 248 Å². The van der Waals surface area contributed by atoms with Gasteiger partial charge in [0, 0.05) is 44.8 Å². The van der Waals surface area contributed by atoms with Crippen molar-refractivity contribution in [3.8, 4) is 17.1 Å². The molecule has 1 aliphatic rings. The zero-order valence-electron chi connectivity index (χ0n) is 24.5. The monoisotopic (exact) mass is 619 g/mol. The van der Waals surface area contributed by atoms with Crippen LogP contribution in [0.15, 0.2) is 33.0 Å². The van der Waals surface area contributed by atoms with Crippen molar-refractivity contribution in [2.24, 2.45) is 5.16 Å². The van der Waals surface area contributed by atoms with E-state index in [-0.39, 0.29) is 30.4 Å². The van der Waals surface area contributed by atoms with Crippen LogP contribution in [0, 0.1) is 10.1 Å². The number of nitrogens with one attached hydrogen (secondary N) is 1. The van der Waals surface area contributed by atoms with Crippen LogP contribution < -0.4 is 10.3 Å². The van der Waals surface area contributed by atoms with Crippen molar-refractivity contribution in [2.75, 3.05) is 45.9 Å². The molecule has 0 aliphatic carbocycles. The average molecular weight is 620 g/mol. The van der Waals surface area contributed by atoms with Gasteiger partial charge >= 0.3 is 0 Å². The molecule has 1 fully saturated rings. The quantitative estimate of drug-likeness (QED) is 0.118. The molecule has 0 radical (unpaired) electrons. The molecular weight excluding hydrogens is 582 g/mol. The number of aryl methyl sites for hydroxylation is 2. The number of aromatic amines is 1. The molecule has 1 aliphatic heterocycles. The second-order valence-electron chi connectivity index (χ2n) is 10.0. The minimum absolute atomic E-state index is 0.0206. The van der Waals surface area contributed by atoms with Crippen LogP contribution >= 0.6 is 0 Å². The van der Waals surface area contributed by atoms with E-state index in [4.69, 9.17) is 9.72 Å². The molecule has 0 bridgehead atoms. The summed E-state index contributed by atoms with van der Waals surface area (Å²) in [6.07, 6.45) is 3.35. The summed E-state index contributed by atoms with van der Waals surface area (Å²) in [5, 5.41) is 22.1. The number of hydrogen-bond donors (Lipinski definition) is 2. The van der Waals surface area contributed by atoms with Crippen LogP contribution in [0.5, 0.6) is 5.75 Å². The van der Waals surface area contributed by atoms with Gasteiger partial charge in [-0.2, -0.15) is 4.31 Å². The number of fused-ring (bicyclic) bond motifs is 1. The maximum absolute atomic E-state index is 13.7. The van der Waals surface area contributed by atoms with Crippen molar-refractivity contribution >= 4 is 27.3 Å². The SMILES string of the molecule is CCCOc1ccc(S(=O)(=O)N2CCN(CCO[N+](=O)[O-])CC2)cc1-c1nc2c(CCC)c(/C=N/O)n(CC)c2c(=O)[nH]1. The number of rotatable bonds is 14. The van der Waals surface area contributed by atoms with Crippen LogP contribution in [0.25, 0.3) is 22.4 Å². The maximum Gasteiger partial charge on any atom is 0.294 e. The van der Waals surface area contributed by atoms with E-state index in [1.165, 1.54) is 22.7 Å². The number of sulfonamides is 1. The van der Waals surface area contributed by atoms with Gasteiger partial charge in [0.1, 0.15) is 29.2 Å². The molecular formula is C27H37N7O8S.